The minimum absolute atomic E-state index is 0.0160. The lowest BCUT2D eigenvalue weighted by atomic mass is 9.95. The lowest BCUT2D eigenvalue weighted by molar-refractivity contribution is -0.150. The third-order valence-corrected chi connectivity index (χ3v) is 4.62. The number of nitrogens with zero attached hydrogens (tertiary/aromatic N) is 1. The van der Waals surface area contributed by atoms with E-state index in [4.69, 9.17) is 0 Å². The van der Waals surface area contributed by atoms with Gasteiger partial charge in [-0.05, 0) is 29.9 Å². The van der Waals surface area contributed by atoms with Gasteiger partial charge in [0.25, 0.3) is 0 Å². The fourth-order valence-electron chi connectivity index (χ4n) is 3.40. The van der Waals surface area contributed by atoms with Crippen molar-refractivity contribution in [2.75, 3.05) is 6.54 Å². The molecule has 2 aliphatic heterocycles. The van der Waals surface area contributed by atoms with Crippen molar-refractivity contribution in [3.8, 4) is 0 Å². The molecule has 0 saturated carbocycles. The molecule has 0 aromatic heterocycles. The molecule has 0 radical (unpaired) electrons. The summed E-state index contributed by atoms with van der Waals surface area (Å²) in [5.74, 6) is -0.965. The summed E-state index contributed by atoms with van der Waals surface area (Å²) in [5, 5.41) is 12.6. The molecule has 3 atom stereocenters. The van der Waals surface area contributed by atoms with E-state index in [2.05, 4.69) is 11.4 Å². The van der Waals surface area contributed by atoms with E-state index in [0.29, 0.717) is 19.5 Å². The van der Waals surface area contributed by atoms with Crippen LogP contribution in [0.15, 0.2) is 24.3 Å². The molecule has 0 aliphatic carbocycles. The smallest absolute Gasteiger partial charge is 0.326 e. The quantitative estimate of drug-likeness (QED) is 0.852. The summed E-state index contributed by atoms with van der Waals surface area (Å²) in [6.07, 6.45) is 1.39. The number of carbonyl (C=O) groups is 2. The molecule has 5 heteroatoms. The molecule has 21 heavy (non-hydrogen) atoms. The molecule has 5 nitrogen and oxygen atoms in total. The molecule has 0 bridgehead atoms. The Morgan fingerprint density at radius 3 is 2.71 bits per heavy atom. The first-order valence-electron chi connectivity index (χ1n) is 7.41. The van der Waals surface area contributed by atoms with Crippen molar-refractivity contribution in [1.82, 2.24) is 10.2 Å². The van der Waals surface area contributed by atoms with Crippen LogP contribution >= 0.6 is 0 Å². The first-order chi connectivity index (χ1) is 10.1. The number of hydrogen-bond donors (Lipinski definition) is 2. The molecule has 1 saturated heterocycles. The lowest BCUT2D eigenvalue weighted by Gasteiger charge is -2.31. The predicted molar refractivity (Wildman–Crippen MR) is 77.7 cm³/mol. The van der Waals surface area contributed by atoms with Gasteiger partial charge in [-0.3, -0.25) is 4.79 Å². The van der Waals surface area contributed by atoms with Crippen LogP contribution in [0.1, 0.15) is 24.5 Å². The zero-order chi connectivity index (χ0) is 15.0. The van der Waals surface area contributed by atoms with E-state index in [1.165, 1.54) is 11.1 Å². The fourth-order valence-corrected chi connectivity index (χ4v) is 3.40. The Balaban J connectivity index is 1.76. The molecule has 3 unspecified atom stereocenters. The van der Waals surface area contributed by atoms with Gasteiger partial charge in [-0.15, -0.1) is 0 Å². The van der Waals surface area contributed by atoms with Crippen molar-refractivity contribution in [2.45, 2.75) is 38.4 Å². The standard InChI is InChI=1S/C16H20N2O3/c1-10-6-7-18(14(10)16(20)21)15(19)13-8-11-4-2-3-5-12(11)9-17-13/h2-5,10,13-14,17H,6-9H2,1H3,(H,20,21). The van der Waals surface area contributed by atoms with Gasteiger partial charge in [-0.2, -0.15) is 0 Å². The Morgan fingerprint density at radius 2 is 2.00 bits per heavy atom. The molecule has 1 aromatic carbocycles. The van der Waals surface area contributed by atoms with E-state index >= 15 is 0 Å². The van der Waals surface area contributed by atoms with Crippen molar-refractivity contribution < 1.29 is 14.7 Å². The molecule has 2 N–H and O–H groups in total. The van der Waals surface area contributed by atoms with Gasteiger partial charge in [-0.1, -0.05) is 31.2 Å². The van der Waals surface area contributed by atoms with Crippen LogP contribution in [0.5, 0.6) is 0 Å². The van der Waals surface area contributed by atoms with Crippen LogP contribution in [0.3, 0.4) is 0 Å². The van der Waals surface area contributed by atoms with E-state index in [9.17, 15) is 14.7 Å². The SMILES string of the molecule is CC1CCN(C(=O)C2Cc3ccccc3CN2)C1C(=O)O. The van der Waals surface area contributed by atoms with Crippen LogP contribution < -0.4 is 5.32 Å². The summed E-state index contributed by atoms with van der Waals surface area (Å²) in [6, 6.07) is 7.07. The average molecular weight is 288 g/mol. The third kappa shape index (κ3) is 2.53. The summed E-state index contributed by atoms with van der Waals surface area (Å²) in [4.78, 5) is 25.6. The lowest BCUT2D eigenvalue weighted by Crippen LogP contribution is -2.53. The maximum atomic E-state index is 12.7. The minimum atomic E-state index is -0.899. The largest absolute Gasteiger partial charge is 0.480 e. The topological polar surface area (TPSA) is 69.6 Å². The number of benzene rings is 1. The van der Waals surface area contributed by atoms with Crippen LogP contribution in [0.25, 0.3) is 0 Å². The number of likely N-dealkylation sites (tertiary alicyclic amines) is 1. The van der Waals surface area contributed by atoms with Gasteiger partial charge in [0.2, 0.25) is 5.91 Å². The van der Waals surface area contributed by atoms with Crippen molar-refractivity contribution >= 4 is 11.9 Å². The molecule has 2 heterocycles. The van der Waals surface area contributed by atoms with Gasteiger partial charge in [0.1, 0.15) is 6.04 Å². The summed E-state index contributed by atoms with van der Waals surface area (Å²) in [6.45, 7) is 3.10. The van der Waals surface area contributed by atoms with Crippen LogP contribution in [-0.2, 0) is 22.6 Å². The number of rotatable bonds is 2. The summed E-state index contributed by atoms with van der Waals surface area (Å²) in [5.41, 5.74) is 2.39. The van der Waals surface area contributed by atoms with Gasteiger partial charge in [-0.25, -0.2) is 4.79 Å². The highest BCUT2D eigenvalue weighted by Crippen LogP contribution is 2.26. The van der Waals surface area contributed by atoms with Gasteiger partial charge >= 0.3 is 5.97 Å². The molecular formula is C16H20N2O3. The van der Waals surface area contributed by atoms with E-state index in [0.717, 1.165) is 6.42 Å². The van der Waals surface area contributed by atoms with Crippen molar-refractivity contribution in [3.63, 3.8) is 0 Å². The van der Waals surface area contributed by atoms with Crippen molar-refractivity contribution in [3.05, 3.63) is 35.4 Å². The van der Waals surface area contributed by atoms with Crippen LogP contribution in [-0.4, -0.2) is 40.5 Å². The number of carboxylic acid groups (broad SMARTS) is 1. The molecule has 0 spiro atoms. The number of hydrogen-bond acceptors (Lipinski definition) is 3. The number of carbonyl (C=O) groups excluding carboxylic acids is 1. The molecule has 2 aliphatic rings. The maximum absolute atomic E-state index is 12.7. The number of fused-ring (bicyclic) bond motifs is 1. The molecule has 1 amide bonds. The summed E-state index contributed by atoms with van der Waals surface area (Å²) < 4.78 is 0. The highest BCUT2D eigenvalue weighted by atomic mass is 16.4. The highest BCUT2D eigenvalue weighted by Gasteiger charge is 2.41. The van der Waals surface area contributed by atoms with Crippen LogP contribution in [0, 0.1) is 5.92 Å². The first kappa shape index (κ1) is 14.1. The number of carboxylic acids is 1. The third-order valence-electron chi connectivity index (χ3n) is 4.62. The normalized spacial score (nSPS) is 28.2. The van der Waals surface area contributed by atoms with Gasteiger partial charge in [0.05, 0.1) is 6.04 Å². The van der Waals surface area contributed by atoms with Crippen LogP contribution in [0.2, 0.25) is 0 Å². The second kappa shape index (κ2) is 5.48. The summed E-state index contributed by atoms with van der Waals surface area (Å²) in [7, 11) is 0. The zero-order valence-corrected chi connectivity index (χ0v) is 12.1. The van der Waals surface area contributed by atoms with Gasteiger partial charge in [0, 0.05) is 13.1 Å². The fraction of sp³-hybridized carbons (Fsp3) is 0.500. The Hall–Kier alpha value is -1.88. The van der Waals surface area contributed by atoms with E-state index < -0.39 is 12.0 Å². The monoisotopic (exact) mass is 288 g/mol. The zero-order valence-electron chi connectivity index (χ0n) is 12.1. The second-order valence-corrected chi connectivity index (χ2v) is 5.99. The van der Waals surface area contributed by atoms with Crippen LogP contribution in [0.4, 0.5) is 0 Å². The highest BCUT2D eigenvalue weighted by molar-refractivity contribution is 5.88. The molecule has 1 fully saturated rings. The van der Waals surface area contributed by atoms with E-state index in [1.807, 2.05) is 25.1 Å². The first-order valence-corrected chi connectivity index (χ1v) is 7.41. The molecule has 3 rings (SSSR count). The minimum Gasteiger partial charge on any atom is -0.480 e. The molecule has 112 valence electrons. The number of nitrogens with one attached hydrogen (secondary N) is 1. The molecule has 1 aromatic rings. The molecular weight excluding hydrogens is 268 g/mol. The van der Waals surface area contributed by atoms with E-state index in [1.54, 1.807) is 4.90 Å². The van der Waals surface area contributed by atoms with Gasteiger partial charge in [0.15, 0.2) is 0 Å². The van der Waals surface area contributed by atoms with E-state index in [-0.39, 0.29) is 17.9 Å². The van der Waals surface area contributed by atoms with Gasteiger partial charge < -0.3 is 15.3 Å². The second-order valence-electron chi connectivity index (χ2n) is 5.99. The average Bonchev–Trinajstić information content (AvgIpc) is 2.88. The Labute approximate surface area is 123 Å². The van der Waals surface area contributed by atoms with Crippen molar-refractivity contribution in [1.29, 1.82) is 0 Å². The Kier molecular flexibility index (Phi) is 3.68. The number of aliphatic carboxylic acids is 1. The Morgan fingerprint density at radius 1 is 1.29 bits per heavy atom. The predicted octanol–water partition coefficient (Wildman–Crippen LogP) is 1.02. The maximum Gasteiger partial charge on any atom is 0.326 e. The summed E-state index contributed by atoms with van der Waals surface area (Å²) >= 11 is 0. The number of amides is 1. The van der Waals surface area contributed by atoms with Crippen molar-refractivity contribution in [2.24, 2.45) is 5.92 Å². The Bertz CT molecular complexity index is 572.